The molecule has 0 heterocycles. The largest absolute Gasteiger partial charge is 0.465 e. The van der Waals surface area contributed by atoms with Crippen molar-refractivity contribution >= 4 is 35.0 Å². The molecule has 0 aliphatic carbocycles. The summed E-state index contributed by atoms with van der Waals surface area (Å²) in [5.41, 5.74) is -1.57. The SMILES string of the molecule is CCOC(=O)C(C=C(Cl)Cl)(COC)C(C)=O. The molecular formula is C10H14Cl2O4. The highest BCUT2D eigenvalue weighted by molar-refractivity contribution is 6.56. The van der Waals surface area contributed by atoms with Crippen molar-refractivity contribution in [2.24, 2.45) is 5.41 Å². The smallest absolute Gasteiger partial charge is 0.326 e. The summed E-state index contributed by atoms with van der Waals surface area (Å²) in [4.78, 5) is 23.3. The van der Waals surface area contributed by atoms with E-state index in [1.165, 1.54) is 14.0 Å². The highest BCUT2D eigenvalue weighted by Crippen LogP contribution is 2.27. The van der Waals surface area contributed by atoms with Crippen LogP contribution in [0, 0.1) is 5.41 Å². The average Bonchev–Trinajstić information content (AvgIpc) is 2.16. The lowest BCUT2D eigenvalue weighted by Gasteiger charge is -2.24. The van der Waals surface area contributed by atoms with E-state index < -0.39 is 17.2 Å². The van der Waals surface area contributed by atoms with E-state index in [0.717, 1.165) is 6.08 Å². The molecule has 0 saturated carbocycles. The van der Waals surface area contributed by atoms with Crippen LogP contribution in [0.2, 0.25) is 0 Å². The number of carbonyl (C=O) groups excluding carboxylic acids is 2. The highest BCUT2D eigenvalue weighted by Gasteiger charge is 2.43. The number of carbonyl (C=O) groups is 2. The molecule has 0 bridgehead atoms. The Bertz CT molecular complexity index is 297. The van der Waals surface area contributed by atoms with E-state index in [2.05, 4.69) is 0 Å². The number of esters is 1. The van der Waals surface area contributed by atoms with Crippen LogP contribution in [-0.2, 0) is 19.1 Å². The second-order valence-electron chi connectivity index (χ2n) is 3.12. The van der Waals surface area contributed by atoms with Crippen molar-refractivity contribution in [2.75, 3.05) is 20.3 Å². The van der Waals surface area contributed by atoms with E-state index in [0.29, 0.717) is 0 Å². The minimum Gasteiger partial charge on any atom is -0.465 e. The lowest BCUT2D eigenvalue weighted by molar-refractivity contribution is -0.159. The first kappa shape index (κ1) is 15.4. The molecular weight excluding hydrogens is 255 g/mol. The number of rotatable bonds is 6. The minimum absolute atomic E-state index is 0.158. The first-order valence-corrected chi connectivity index (χ1v) is 5.37. The normalized spacial score (nSPS) is 13.8. The van der Waals surface area contributed by atoms with Gasteiger partial charge in [-0.3, -0.25) is 9.59 Å². The van der Waals surface area contributed by atoms with Gasteiger partial charge in [-0.15, -0.1) is 0 Å². The van der Waals surface area contributed by atoms with E-state index in [1.807, 2.05) is 0 Å². The monoisotopic (exact) mass is 268 g/mol. The zero-order valence-corrected chi connectivity index (χ0v) is 10.9. The summed E-state index contributed by atoms with van der Waals surface area (Å²) in [5, 5.41) is 0. The maximum Gasteiger partial charge on any atom is 0.326 e. The fourth-order valence-electron chi connectivity index (χ4n) is 1.18. The third-order valence-electron chi connectivity index (χ3n) is 2.00. The van der Waals surface area contributed by atoms with Gasteiger partial charge in [0.15, 0.2) is 11.2 Å². The van der Waals surface area contributed by atoms with Gasteiger partial charge in [-0.1, -0.05) is 23.2 Å². The van der Waals surface area contributed by atoms with Crippen LogP contribution in [0.4, 0.5) is 0 Å². The van der Waals surface area contributed by atoms with Gasteiger partial charge in [0.25, 0.3) is 0 Å². The molecule has 0 saturated heterocycles. The maximum atomic E-state index is 11.7. The molecule has 0 rings (SSSR count). The summed E-state index contributed by atoms with van der Waals surface area (Å²) in [6, 6.07) is 0. The van der Waals surface area contributed by atoms with Gasteiger partial charge in [0.05, 0.1) is 13.2 Å². The number of hydrogen-bond donors (Lipinski definition) is 0. The van der Waals surface area contributed by atoms with Gasteiger partial charge in [-0.05, 0) is 19.9 Å². The van der Waals surface area contributed by atoms with E-state index >= 15 is 0 Å². The molecule has 0 fully saturated rings. The molecule has 0 aromatic rings. The Kier molecular flexibility index (Phi) is 6.64. The van der Waals surface area contributed by atoms with Gasteiger partial charge in [-0.25, -0.2) is 0 Å². The molecule has 0 radical (unpaired) electrons. The van der Waals surface area contributed by atoms with E-state index in [4.69, 9.17) is 32.7 Å². The number of Topliss-reactive ketones (excluding diaryl/α,β-unsaturated/α-hetero) is 1. The quantitative estimate of drug-likeness (QED) is 0.547. The molecule has 1 atom stereocenters. The van der Waals surface area contributed by atoms with Crippen LogP contribution in [0.25, 0.3) is 0 Å². The van der Waals surface area contributed by atoms with Crippen LogP contribution in [0.15, 0.2) is 10.6 Å². The molecule has 0 aliphatic rings. The van der Waals surface area contributed by atoms with Crippen molar-refractivity contribution in [3.05, 3.63) is 10.6 Å². The van der Waals surface area contributed by atoms with Crippen molar-refractivity contribution in [2.45, 2.75) is 13.8 Å². The topological polar surface area (TPSA) is 52.6 Å². The summed E-state index contributed by atoms with van der Waals surface area (Å²) in [6.07, 6.45) is 1.14. The molecule has 16 heavy (non-hydrogen) atoms. The van der Waals surface area contributed by atoms with E-state index in [1.54, 1.807) is 6.92 Å². The third kappa shape index (κ3) is 3.77. The predicted molar refractivity (Wildman–Crippen MR) is 61.4 cm³/mol. The van der Waals surface area contributed by atoms with E-state index in [9.17, 15) is 9.59 Å². The lowest BCUT2D eigenvalue weighted by Crippen LogP contribution is -2.41. The average molecular weight is 269 g/mol. The van der Waals surface area contributed by atoms with Gasteiger partial charge in [0.1, 0.15) is 4.49 Å². The maximum absolute atomic E-state index is 11.7. The fraction of sp³-hybridized carbons (Fsp3) is 0.600. The molecule has 0 aromatic carbocycles. The van der Waals surface area contributed by atoms with Gasteiger partial charge < -0.3 is 9.47 Å². The van der Waals surface area contributed by atoms with E-state index in [-0.39, 0.29) is 17.7 Å². The Morgan fingerprint density at radius 1 is 1.38 bits per heavy atom. The van der Waals surface area contributed by atoms with Gasteiger partial charge in [0, 0.05) is 7.11 Å². The number of halogens is 2. The van der Waals surface area contributed by atoms with Gasteiger partial charge in [-0.2, -0.15) is 0 Å². The van der Waals surface area contributed by atoms with Crippen molar-refractivity contribution in [1.82, 2.24) is 0 Å². The molecule has 0 spiro atoms. The molecule has 0 aliphatic heterocycles. The zero-order chi connectivity index (χ0) is 12.8. The molecule has 6 heteroatoms. The summed E-state index contributed by atoms with van der Waals surface area (Å²) >= 11 is 11.0. The Morgan fingerprint density at radius 3 is 2.25 bits per heavy atom. The van der Waals surface area contributed by atoms with Crippen LogP contribution < -0.4 is 0 Å². The number of methoxy groups -OCH3 is 1. The molecule has 4 nitrogen and oxygen atoms in total. The number of ether oxygens (including phenoxy) is 2. The molecule has 0 N–H and O–H groups in total. The van der Waals surface area contributed by atoms with Crippen LogP contribution >= 0.6 is 23.2 Å². The highest BCUT2D eigenvalue weighted by atomic mass is 35.5. The third-order valence-corrected chi connectivity index (χ3v) is 2.21. The number of hydrogen-bond acceptors (Lipinski definition) is 4. The first-order valence-electron chi connectivity index (χ1n) is 4.61. The predicted octanol–water partition coefficient (Wildman–Crippen LogP) is 2.09. The second-order valence-corrected chi connectivity index (χ2v) is 4.12. The first-order chi connectivity index (χ1) is 7.40. The van der Waals surface area contributed by atoms with Crippen molar-refractivity contribution in [3.63, 3.8) is 0 Å². The molecule has 92 valence electrons. The summed E-state index contributed by atoms with van der Waals surface area (Å²) < 4.78 is 9.49. The summed E-state index contributed by atoms with van der Waals surface area (Å²) in [5.74, 6) is -1.16. The van der Waals surface area contributed by atoms with Gasteiger partial charge >= 0.3 is 5.97 Å². The summed E-state index contributed by atoms with van der Waals surface area (Å²) in [6.45, 7) is 2.89. The fourth-order valence-corrected chi connectivity index (χ4v) is 1.55. The van der Waals surface area contributed by atoms with Crippen molar-refractivity contribution in [3.8, 4) is 0 Å². The Hall–Kier alpha value is -0.580. The van der Waals surface area contributed by atoms with Crippen LogP contribution in [0.5, 0.6) is 0 Å². The Labute approximate surface area is 104 Å². The lowest BCUT2D eigenvalue weighted by atomic mass is 9.85. The second kappa shape index (κ2) is 6.89. The van der Waals surface area contributed by atoms with Gasteiger partial charge in [0.2, 0.25) is 0 Å². The van der Waals surface area contributed by atoms with Crippen molar-refractivity contribution < 1.29 is 19.1 Å². The molecule has 0 aromatic heterocycles. The zero-order valence-electron chi connectivity index (χ0n) is 9.38. The van der Waals surface area contributed by atoms with Crippen LogP contribution in [-0.4, -0.2) is 32.1 Å². The molecule has 0 amide bonds. The van der Waals surface area contributed by atoms with Crippen LogP contribution in [0.3, 0.4) is 0 Å². The molecule has 1 unspecified atom stereocenters. The minimum atomic E-state index is -1.57. The van der Waals surface area contributed by atoms with Crippen LogP contribution in [0.1, 0.15) is 13.8 Å². The number of ketones is 1. The van der Waals surface area contributed by atoms with Crippen molar-refractivity contribution in [1.29, 1.82) is 0 Å². The standard InChI is InChI=1S/C10H14Cl2O4/c1-4-16-9(14)10(6-15-3,7(2)13)5-8(11)12/h5H,4,6H2,1-3H3. The Balaban J connectivity index is 5.34. The Morgan fingerprint density at radius 2 is 1.94 bits per heavy atom. The summed E-state index contributed by atoms with van der Waals surface area (Å²) in [7, 11) is 1.37.